The van der Waals surface area contributed by atoms with E-state index >= 15 is 0 Å². The van der Waals surface area contributed by atoms with Crippen molar-refractivity contribution in [1.29, 1.82) is 0 Å². The van der Waals surface area contributed by atoms with Crippen LogP contribution in [0.4, 0.5) is 11.6 Å². The Hall–Kier alpha value is -1.02. The van der Waals surface area contributed by atoms with Gasteiger partial charge in [0.25, 0.3) is 0 Å². The zero-order chi connectivity index (χ0) is 13.9. The zero-order valence-corrected chi connectivity index (χ0v) is 12.7. The Morgan fingerprint density at radius 3 is 2.63 bits per heavy atom. The van der Waals surface area contributed by atoms with Crippen LogP contribution >= 0.6 is 11.8 Å². The molecular formula is C11H18N4O2S2. The molecular weight excluding hydrogens is 284 g/mol. The zero-order valence-electron chi connectivity index (χ0n) is 11.1. The lowest BCUT2D eigenvalue weighted by atomic mass is 10.4. The highest BCUT2D eigenvalue weighted by molar-refractivity contribution is 7.98. The molecule has 0 bridgehead atoms. The Morgan fingerprint density at radius 1 is 1.37 bits per heavy atom. The summed E-state index contributed by atoms with van der Waals surface area (Å²) in [5.41, 5.74) is 0. The van der Waals surface area contributed by atoms with Crippen LogP contribution in [0.25, 0.3) is 0 Å². The molecule has 1 fully saturated rings. The monoisotopic (exact) mass is 302 g/mol. The van der Waals surface area contributed by atoms with Crippen LogP contribution in [0.5, 0.6) is 0 Å². The molecule has 19 heavy (non-hydrogen) atoms. The summed E-state index contributed by atoms with van der Waals surface area (Å²) in [6.45, 7) is 3.80. The smallest absolute Gasteiger partial charge is 0.191 e. The van der Waals surface area contributed by atoms with E-state index in [4.69, 9.17) is 0 Å². The normalized spacial score (nSPS) is 18.3. The van der Waals surface area contributed by atoms with Gasteiger partial charge in [-0.3, -0.25) is 0 Å². The summed E-state index contributed by atoms with van der Waals surface area (Å²) in [4.78, 5) is 10.8. The van der Waals surface area contributed by atoms with Crippen molar-refractivity contribution in [2.45, 2.75) is 12.1 Å². The van der Waals surface area contributed by atoms with E-state index in [2.05, 4.69) is 15.3 Å². The summed E-state index contributed by atoms with van der Waals surface area (Å²) >= 11 is 1.48. The van der Waals surface area contributed by atoms with Gasteiger partial charge in [0.05, 0.1) is 11.5 Å². The van der Waals surface area contributed by atoms with Crippen LogP contribution < -0.4 is 10.2 Å². The molecule has 8 heteroatoms. The first-order valence-corrected chi connectivity index (χ1v) is 9.21. The molecule has 1 saturated heterocycles. The van der Waals surface area contributed by atoms with Crippen molar-refractivity contribution in [1.82, 2.24) is 9.97 Å². The maximum Gasteiger partial charge on any atom is 0.191 e. The Kier molecular flexibility index (Phi) is 4.51. The van der Waals surface area contributed by atoms with E-state index in [0.29, 0.717) is 18.2 Å². The minimum absolute atomic E-state index is 0.197. The number of nitrogens with zero attached hydrogens (tertiary/aromatic N) is 3. The minimum atomic E-state index is -2.87. The molecule has 106 valence electrons. The molecule has 0 saturated carbocycles. The molecule has 0 unspecified atom stereocenters. The Morgan fingerprint density at radius 2 is 2.05 bits per heavy atom. The van der Waals surface area contributed by atoms with Gasteiger partial charge in [-0.05, 0) is 13.2 Å². The minimum Gasteiger partial charge on any atom is -0.370 e. The number of hydrogen-bond donors (Lipinski definition) is 1. The van der Waals surface area contributed by atoms with E-state index in [1.807, 2.05) is 24.1 Å². The van der Waals surface area contributed by atoms with E-state index in [1.165, 1.54) is 11.8 Å². The number of nitrogens with one attached hydrogen (secondary N) is 1. The maximum atomic E-state index is 11.4. The molecule has 1 aliphatic rings. The third kappa shape index (κ3) is 3.73. The molecule has 2 rings (SSSR count). The van der Waals surface area contributed by atoms with Crippen LogP contribution in [-0.2, 0) is 9.84 Å². The maximum absolute atomic E-state index is 11.4. The van der Waals surface area contributed by atoms with Gasteiger partial charge >= 0.3 is 0 Å². The topological polar surface area (TPSA) is 75.2 Å². The van der Waals surface area contributed by atoms with Crippen molar-refractivity contribution < 1.29 is 8.42 Å². The van der Waals surface area contributed by atoms with Crippen LogP contribution in [-0.4, -0.2) is 55.8 Å². The second kappa shape index (κ2) is 5.96. The summed E-state index contributed by atoms with van der Waals surface area (Å²) in [5, 5.41) is 3.86. The first-order valence-electron chi connectivity index (χ1n) is 6.16. The van der Waals surface area contributed by atoms with Crippen molar-refractivity contribution in [3.8, 4) is 0 Å². The molecule has 0 radical (unpaired) electrons. The fourth-order valence-electron chi connectivity index (χ4n) is 1.88. The van der Waals surface area contributed by atoms with Crippen molar-refractivity contribution >= 4 is 33.2 Å². The molecule has 0 aromatic carbocycles. The molecule has 1 N–H and O–H groups in total. The fourth-order valence-corrected chi connectivity index (χ4v) is 3.46. The highest BCUT2D eigenvalue weighted by Crippen LogP contribution is 2.21. The van der Waals surface area contributed by atoms with Gasteiger partial charge in [0, 0.05) is 25.7 Å². The van der Waals surface area contributed by atoms with Gasteiger partial charge < -0.3 is 10.2 Å². The number of thioether (sulfide) groups is 1. The summed E-state index contributed by atoms with van der Waals surface area (Å²) < 4.78 is 22.9. The second-order valence-corrected chi connectivity index (χ2v) is 7.34. The SMILES string of the molecule is CCNc1cc(N2CCS(=O)(=O)CC2)nc(SC)n1. The summed E-state index contributed by atoms with van der Waals surface area (Å²) in [6, 6.07) is 1.88. The lowest BCUT2D eigenvalue weighted by molar-refractivity contribution is 0.586. The van der Waals surface area contributed by atoms with Crippen molar-refractivity contribution in [3.63, 3.8) is 0 Å². The molecule has 0 atom stereocenters. The van der Waals surface area contributed by atoms with Crippen LogP contribution in [0.15, 0.2) is 11.2 Å². The Balaban J connectivity index is 2.21. The van der Waals surface area contributed by atoms with E-state index in [-0.39, 0.29) is 11.5 Å². The highest BCUT2D eigenvalue weighted by atomic mass is 32.2. The predicted octanol–water partition coefficient (Wildman–Crippen LogP) is 0.865. The number of rotatable bonds is 4. The number of aromatic nitrogens is 2. The van der Waals surface area contributed by atoms with E-state index in [9.17, 15) is 8.42 Å². The molecule has 1 aromatic heterocycles. The summed E-state index contributed by atoms with van der Waals surface area (Å²) in [6.07, 6.45) is 1.93. The van der Waals surface area contributed by atoms with Crippen LogP contribution in [0.3, 0.4) is 0 Å². The second-order valence-electron chi connectivity index (χ2n) is 4.27. The molecule has 1 aromatic rings. The van der Waals surface area contributed by atoms with Gasteiger partial charge in [-0.15, -0.1) is 0 Å². The van der Waals surface area contributed by atoms with E-state index < -0.39 is 9.84 Å². The summed E-state index contributed by atoms with van der Waals surface area (Å²) in [7, 11) is -2.87. The molecule has 0 spiro atoms. The van der Waals surface area contributed by atoms with Gasteiger partial charge in [-0.1, -0.05) is 11.8 Å². The van der Waals surface area contributed by atoms with Crippen LogP contribution in [0.2, 0.25) is 0 Å². The van der Waals surface area contributed by atoms with Crippen molar-refractivity contribution in [2.24, 2.45) is 0 Å². The summed E-state index contributed by atoms with van der Waals surface area (Å²) in [5.74, 6) is 1.97. The highest BCUT2D eigenvalue weighted by Gasteiger charge is 2.23. The number of hydrogen-bond acceptors (Lipinski definition) is 7. The third-order valence-corrected chi connectivity index (χ3v) is 5.06. The molecule has 2 heterocycles. The Labute approximate surface area is 117 Å². The predicted molar refractivity (Wildman–Crippen MR) is 78.8 cm³/mol. The third-order valence-electron chi connectivity index (χ3n) is 2.90. The molecule has 0 amide bonds. The number of anilines is 2. The van der Waals surface area contributed by atoms with Gasteiger partial charge in [-0.2, -0.15) is 0 Å². The van der Waals surface area contributed by atoms with Crippen molar-refractivity contribution in [2.75, 3.05) is 47.6 Å². The van der Waals surface area contributed by atoms with E-state index in [0.717, 1.165) is 18.2 Å². The largest absolute Gasteiger partial charge is 0.370 e. The van der Waals surface area contributed by atoms with Crippen molar-refractivity contribution in [3.05, 3.63) is 6.07 Å². The fraction of sp³-hybridized carbons (Fsp3) is 0.636. The van der Waals surface area contributed by atoms with Gasteiger partial charge in [0.2, 0.25) is 0 Å². The van der Waals surface area contributed by atoms with Crippen LogP contribution in [0, 0.1) is 0 Å². The van der Waals surface area contributed by atoms with Gasteiger partial charge in [0.15, 0.2) is 15.0 Å². The Bertz CT molecular complexity index is 534. The average molecular weight is 302 g/mol. The lowest BCUT2D eigenvalue weighted by Crippen LogP contribution is -2.40. The molecule has 0 aliphatic carbocycles. The molecule has 6 nitrogen and oxygen atoms in total. The standard InChI is InChI=1S/C11H18N4O2S2/c1-3-12-9-8-10(14-11(13-9)18-2)15-4-6-19(16,17)7-5-15/h8H,3-7H2,1-2H3,(H,12,13,14). The molecule has 1 aliphatic heterocycles. The lowest BCUT2D eigenvalue weighted by Gasteiger charge is -2.28. The average Bonchev–Trinajstić information content (AvgIpc) is 2.38. The van der Waals surface area contributed by atoms with E-state index in [1.54, 1.807) is 0 Å². The quantitative estimate of drug-likeness (QED) is 0.653. The van der Waals surface area contributed by atoms with Crippen LogP contribution in [0.1, 0.15) is 6.92 Å². The number of sulfone groups is 1. The first-order chi connectivity index (χ1) is 9.04. The van der Waals surface area contributed by atoms with Gasteiger partial charge in [-0.25, -0.2) is 18.4 Å². The van der Waals surface area contributed by atoms with Gasteiger partial charge in [0.1, 0.15) is 11.6 Å². The first kappa shape index (κ1) is 14.4.